The summed E-state index contributed by atoms with van der Waals surface area (Å²) >= 11 is 0. The fourth-order valence-corrected chi connectivity index (χ4v) is 3.88. The molecular formula is C22H23FN4O3. The number of non-ortho nitro benzene ring substituents is 1. The highest BCUT2D eigenvalue weighted by Crippen LogP contribution is 2.30. The van der Waals surface area contributed by atoms with Gasteiger partial charge in [0.25, 0.3) is 5.69 Å². The third kappa shape index (κ3) is 4.04. The molecule has 0 saturated carbocycles. The maximum atomic E-state index is 14.7. The number of nitrogens with one attached hydrogen (secondary N) is 1. The SMILES string of the molecule is Cc1cc(NCc2ccc(N3CCC(O)CC3)c(F)c2)c2cccc([N+](=O)[O-])c2n1. The van der Waals surface area contributed by atoms with Crippen molar-refractivity contribution < 1.29 is 14.4 Å². The summed E-state index contributed by atoms with van der Waals surface area (Å²) in [5, 5.41) is 24.9. The minimum absolute atomic E-state index is 0.0405. The highest BCUT2D eigenvalue weighted by atomic mass is 19.1. The zero-order valence-electron chi connectivity index (χ0n) is 16.6. The van der Waals surface area contributed by atoms with E-state index < -0.39 is 4.92 Å². The van der Waals surface area contributed by atoms with Gasteiger partial charge in [0.15, 0.2) is 5.52 Å². The molecule has 3 aromatic rings. The van der Waals surface area contributed by atoms with E-state index in [2.05, 4.69) is 10.3 Å². The van der Waals surface area contributed by atoms with Crippen LogP contribution in [0.25, 0.3) is 10.9 Å². The number of rotatable bonds is 5. The van der Waals surface area contributed by atoms with Crippen molar-refractivity contribution in [1.82, 2.24) is 4.98 Å². The number of aliphatic hydroxyl groups excluding tert-OH is 1. The van der Waals surface area contributed by atoms with E-state index >= 15 is 0 Å². The molecule has 2 heterocycles. The number of hydrogen-bond donors (Lipinski definition) is 2. The summed E-state index contributed by atoms with van der Waals surface area (Å²) in [7, 11) is 0. The Balaban J connectivity index is 1.55. The lowest BCUT2D eigenvalue weighted by Gasteiger charge is -2.31. The van der Waals surface area contributed by atoms with Crippen molar-refractivity contribution in [2.45, 2.75) is 32.4 Å². The predicted octanol–water partition coefficient (Wildman–Crippen LogP) is 4.16. The summed E-state index contributed by atoms with van der Waals surface area (Å²) in [5.41, 5.74) is 2.98. The van der Waals surface area contributed by atoms with Gasteiger partial charge in [0.05, 0.1) is 16.7 Å². The van der Waals surface area contributed by atoms with Crippen LogP contribution < -0.4 is 10.2 Å². The number of fused-ring (bicyclic) bond motifs is 1. The number of aryl methyl sites for hydroxylation is 1. The molecule has 156 valence electrons. The molecule has 0 amide bonds. The van der Waals surface area contributed by atoms with E-state index in [4.69, 9.17) is 0 Å². The molecule has 2 N–H and O–H groups in total. The zero-order chi connectivity index (χ0) is 21.3. The van der Waals surface area contributed by atoms with Gasteiger partial charge in [0, 0.05) is 42.5 Å². The first kappa shape index (κ1) is 20.0. The molecule has 0 bridgehead atoms. The van der Waals surface area contributed by atoms with Gasteiger partial charge in [-0.15, -0.1) is 0 Å². The number of benzene rings is 2. The van der Waals surface area contributed by atoms with E-state index in [9.17, 15) is 19.6 Å². The lowest BCUT2D eigenvalue weighted by molar-refractivity contribution is -0.383. The van der Waals surface area contributed by atoms with Gasteiger partial charge in [-0.3, -0.25) is 10.1 Å². The first-order valence-electron chi connectivity index (χ1n) is 9.92. The molecule has 0 unspecified atom stereocenters. The van der Waals surface area contributed by atoms with Crippen LogP contribution in [0.4, 0.5) is 21.5 Å². The van der Waals surface area contributed by atoms with Crippen LogP contribution in [0.2, 0.25) is 0 Å². The highest BCUT2D eigenvalue weighted by molar-refractivity contribution is 5.96. The molecule has 0 radical (unpaired) electrons. The van der Waals surface area contributed by atoms with E-state index in [1.54, 1.807) is 25.1 Å². The number of pyridine rings is 1. The van der Waals surface area contributed by atoms with Gasteiger partial charge in [0.1, 0.15) is 5.82 Å². The average Bonchev–Trinajstić information content (AvgIpc) is 2.72. The van der Waals surface area contributed by atoms with Crippen LogP contribution in [0.3, 0.4) is 0 Å². The molecule has 2 aromatic carbocycles. The molecule has 0 atom stereocenters. The molecule has 1 aliphatic heterocycles. The van der Waals surface area contributed by atoms with Crippen LogP contribution in [-0.2, 0) is 6.54 Å². The number of piperidine rings is 1. The van der Waals surface area contributed by atoms with Crippen molar-refractivity contribution in [3.8, 4) is 0 Å². The van der Waals surface area contributed by atoms with Crippen molar-refractivity contribution >= 4 is 28.0 Å². The second-order valence-electron chi connectivity index (χ2n) is 7.60. The minimum atomic E-state index is -0.438. The van der Waals surface area contributed by atoms with Crippen LogP contribution in [0.15, 0.2) is 42.5 Å². The van der Waals surface area contributed by atoms with Crippen molar-refractivity contribution in [2.24, 2.45) is 0 Å². The monoisotopic (exact) mass is 410 g/mol. The van der Waals surface area contributed by atoms with Gasteiger partial charge in [0.2, 0.25) is 0 Å². The Labute approximate surface area is 173 Å². The largest absolute Gasteiger partial charge is 0.393 e. The van der Waals surface area contributed by atoms with Crippen LogP contribution >= 0.6 is 0 Å². The van der Waals surface area contributed by atoms with Gasteiger partial charge in [-0.05, 0) is 43.5 Å². The Kier molecular flexibility index (Phi) is 5.50. The zero-order valence-corrected chi connectivity index (χ0v) is 16.6. The summed E-state index contributed by atoms with van der Waals surface area (Å²) in [6.07, 6.45) is 0.981. The lowest BCUT2D eigenvalue weighted by atomic mass is 10.1. The number of aromatic nitrogens is 1. The number of para-hydroxylation sites is 1. The predicted molar refractivity (Wildman–Crippen MR) is 114 cm³/mol. The molecule has 0 aliphatic carbocycles. The Morgan fingerprint density at radius 2 is 2.03 bits per heavy atom. The Morgan fingerprint density at radius 3 is 2.73 bits per heavy atom. The van der Waals surface area contributed by atoms with Gasteiger partial charge < -0.3 is 15.3 Å². The summed E-state index contributed by atoms with van der Waals surface area (Å²) in [5.74, 6) is -0.294. The Hall–Kier alpha value is -3.26. The number of nitro groups is 1. The number of nitro benzene ring substituents is 1. The third-order valence-corrected chi connectivity index (χ3v) is 5.44. The van der Waals surface area contributed by atoms with E-state index in [1.165, 1.54) is 12.1 Å². The minimum Gasteiger partial charge on any atom is -0.393 e. The first-order chi connectivity index (χ1) is 14.4. The Morgan fingerprint density at radius 1 is 1.27 bits per heavy atom. The van der Waals surface area contributed by atoms with Crippen LogP contribution in [0.5, 0.6) is 0 Å². The molecule has 7 nitrogen and oxygen atoms in total. The van der Waals surface area contributed by atoms with Crippen LogP contribution in [0, 0.1) is 22.9 Å². The van der Waals surface area contributed by atoms with Gasteiger partial charge in [-0.25, -0.2) is 9.37 Å². The second kappa shape index (κ2) is 8.23. The van der Waals surface area contributed by atoms with Crippen LogP contribution in [0.1, 0.15) is 24.1 Å². The molecule has 30 heavy (non-hydrogen) atoms. The van der Waals surface area contributed by atoms with E-state index in [0.717, 1.165) is 11.3 Å². The normalized spacial score (nSPS) is 14.8. The Bertz CT molecular complexity index is 1100. The average molecular weight is 410 g/mol. The molecule has 0 spiro atoms. The molecule has 4 rings (SSSR count). The molecule has 8 heteroatoms. The maximum Gasteiger partial charge on any atom is 0.295 e. The van der Waals surface area contributed by atoms with E-state index in [-0.39, 0.29) is 17.6 Å². The second-order valence-corrected chi connectivity index (χ2v) is 7.60. The summed E-state index contributed by atoms with van der Waals surface area (Å²) in [6, 6.07) is 11.8. The smallest absolute Gasteiger partial charge is 0.295 e. The molecule has 1 saturated heterocycles. The molecule has 1 aromatic heterocycles. The van der Waals surface area contributed by atoms with Crippen molar-refractivity contribution in [3.63, 3.8) is 0 Å². The highest BCUT2D eigenvalue weighted by Gasteiger charge is 2.20. The van der Waals surface area contributed by atoms with Crippen molar-refractivity contribution in [2.75, 3.05) is 23.3 Å². The van der Waals surface area contributed by atoms with Crippen molar-refractivity contribution in [3.05, 3.63) is 69.7 Å². The molecular weight excluding hydrogens is 387 g/mol. The fraction of sp³-hybridized carbons (Fsp3) is 0.318. The van der Waals surface area contributed by atoms with Crippen LogP contribution in [-0.4, -0.2) is 34.2 Å². The van der Waals surface area contributed by atoms with Gasteiger partial charge in [-0.2, -0.15) is 0 Å². The van der Waals surface area contributed by atoms with Crippen molar-refractivity contribution in [1.29, 1.82) is 0 Å². The topological polar surface area (TPSA) is 91.5 Å². The summed E-state index contributed by atoms with van der Waals surface area (Å²) in [4.78, 5) is 17.2. The first-order valence-corrected chi connectivity index (χ1v) is 9.92. The van der Waals surface area contributed by atoms with E-state index in [0.29, 0.717) is 54.8 Å². The lowest BCUT2D eigenvalue weighted by Crippen LogP contribution is -2.36. The summed E-state index contributed by atoms with van der Waals surface area (Å²) < 4.78 is 14.7. The van der Waals surface area contributed by atoms with Gasteiger partial charge >= 0.3 is 0 Å². The number of nitrogens with zero attached hydrogens (tertiary/aromatic N) is 3. The summed E-state index contributed by atoms with van der Waals surface area (Å²) in [6.45, 7) is 3.43. The number of hydrogen-bond acceptors (Lipinski definition) is 6. The van der Waals surface area contributed by atoms with Gasteiger partial charge in [-0.1, -0.05) is 18.2 Å². The molecule has 1 fully saturated rings. The quantitative estimate of drug-likeness (QED) is 0.485. The number of halogens is 1. The standard InChI is InChI=1S/C22H23FN4O3/c1-14-11-19(17-3-2-4-21(27(29)30)22(17)25-14)24-13-15-5-6-20(18(23)12-15)26-9-7-16(28)8-10-26/h2-6,11-12,16,28H,7-10,13H2,1H3,(H,24,25). The fourth-order valence-electron chi connectivity index (χ4n) is 3.88. The molecule has 1 aliphatic rings. The third-order valence-electron chi connectivity index (χ3n) is 5.44. The number of aliphatic hydroxyl groups is 1. The maximum absolute atomic E-state index is 14.7. The number of anilines is 2. The van der Waals surface area contributed by atoms with E-state index in [1.807, 2.05) is 17.0 Å².